The van der Waals surface area contributed by atoms with Crippen LogP contribution in [0.3, 0.4) is 0 Å². The molecule has 2 fully saturated rings. The van der Waals surface area contributed by atoms with Crippen LogP contribution < -0.4 is 5.48 Å². The highest BCUT2D eigenvalue weighted by Crippen LogP contribution is 2.30. The molecular weight excluding hydrogens is 370 g/mol. The molecular formula is C15H25NO11. The zero-order valence-electron chi connectivity index (χ0n) is 15.0. The molecule has 0 aromatic rings. The van der Waals surface area contributed by atoms with E-state index in [1.807, 2.05) is 0 Å². The molecule has 2 saturated heterocycles. The quantitative estimate of drug-likeness (QED) is 0.268. The van der Waals surface area contributed by atoms with Gasteiger partial charge >= 0.3 is 5.97 Å². The fourth-order valence-corrected chi connectivity index (χ4v) is 2.82. The maximum Gasteiger partial charge on any atom is 0.364 e. The second kappa shape index (κ2) is 9.71. The van der Waals surface area contributed by atoms with Crippen molar-refractivity contribution in [1.82, 2.24) is 5.48 Å². The van der Waals surface area contributed by atoms with E-state index in [1.54, 1.807) is 0 Å². The lowest BCUT2D eigenvalue weighted by Gasteiger charge is -2.40. The van der Waals surface area contributed by atoms with E-state index in [1.165, 1.54) is 14.0 Å². The Morgan fingerprint density at radius 3 is 2.67 bits per heavy atom. The number of aliphatic hydroxyl groups excluding tert-OH is 2. The second-order valence-corrected chi connectivity index (χ2v) is 6.26. The molecule has 12 nitrogen and oxygen atoms in total. The lowest BCUT2D eigenvalue weighted by atomic mass is 10.00. The fraction of sp³-hybridized carbons (Fsp3) is 0.867. The molecule has 0 aliphatic carbocycles. The van der Waals surface area contributed by atoms with Gasteiger partial charge in [0.25, 0.3) is 5.79 Å². The van der Waals surface area contributed by atoms with Crippen LogP contribution in [0.2, 0.25) is 0 Å². The first-order valence-corrected chi connectivity index (χ1v) is 8.40. The van der Waals surface area contributed by atoms with Crippen LogP contribution in [0.4, 0.5) is 0 Å². The third kappa shape index (κ3) is 5.56. The van der Waals surface area contributed by atoms with Crippen molar-refractivity contribution < 1.29 is 53.7 Å². The van der Waals surface area contributed by atoms with Gasteiger partial charge in [0.05, 0.1) is 33.0 Å². The van der Waals surface area contributed by atoms with Crippen molar-refractivity contribution in [3.63, 3.8) is 0 Å². The Morgan fingerprint density at radius 1 is 1.30 bits per heavy atom. The summed E-state index contributed by atoms with van der Waals surface area (Å²) in [6, 6.07) is 0. The van der Waals surface area contributed by atoms with Crippen LogP contribution >= 0.6 is 0 Å². The zero-order valence-corrected chi connectivity index (χ0v) is 15.0. The number of hydrogen-bond acceptors (Lipinski definition) is 10. The van der Waals surface area contributed by atoms with Crippen LogP contribution in [-0.4, -0.2) is 90.4 Å². The van der Waals surface area contributed by atoms with Crippen LogP contribution in [0.1, 0.15) is 19.8 Å². The van der Waals surface area contributed by atoms with Crippen molar-refractivity contribution in [2.45, 2.75) is 56.1 Å². The van der Waals surface area contributed by atoms with E-state index in [0.29, 0.717) is 6.42 Å². The van der Waals surface area contributed by atoms with Crippen molar-refractivity contribution in [3.05, 3.63) is 0 Å². The first-order valence-electron chi connectivity index (χ1n) is 8.40. The molecule has 2 aliphatic heterocycles. The van der Waals surface area contributed by atoms with Gasteiger partial charge in [0.1, 0.15) is 24.4 Å². The lowest BCUT2D eigenvalue weighted by molar-refractivity contribution is -0.354. The Hall–Kier alpha value is -1.38. The van der Waals surface area contributed by atoms with Crippen LogP contribution in [0.5, 0.6) is 0 Å². The lowest BCUT2D eigenvalue weighted by Crippen LogP contribution is -2.58. The second-order valence-electron chi connectivity index (χ2n) is 6.26. The minimum absolute atomic E-state index is 0.0248. The summed E-state index contributed by atoms with van der Waals surface area (Å²) in [6.45, 7) is 0.831. The van der Waals surface area contributed by atoms with Gasteiger partial charge in [-0.3, -0.25) is 9.63 Å². The monoisotopic (exact) mass is 395 g/mol. The van der Waals surface area contributed by atoms with Gasteiger partial charge in [0, 0.05) is 13.3 Å². The molecule has 0 bridgehead atoms. The smallest absolute Gasteiger partial charge is 0.364 e. The van der Waals surface area contributed by atoms with Gasteiger partial charge in [-0.1, -0.05) is 0 Å². The molecule has 156 valence electrons. The number of carbonyl (C=O) groups excluding carboxylic acids is 1. The molecule has 2 aliphatic rings. The molecule has 2 heterocycles. The van der Waals surface area contributed by atoms with Crippen LogP contribution in [0.15, 0.2) is 0 Å². The Kier molecular flexibility index (Phi) is 7.88. The van der Waals surface area contributed by atoms with E-state index in [0.717, 1.165) is 0 Å². The third-order valence-corrected chi connectivity index (χ3v) is 4.25. The number of carboxylic acid groups (broad SMARTS) is 1. The summed E-state index contributed by atoms with van der Waals surface area (Å²) >= 11 is 0. The van der Waals surface area contributed by atoms with Crippen molar-refractivity contribution >= 4 is 11.9 Å². The molecule has 0 aromatic heterocycles. The maximum atomic E-state index is 11.7. The van der Waals surface area contributed by atoms with Gasteiger partial charge in [-0.15, -0.1) is 0 Å². The molecule has 6 unspecified atom stereocenters. The van der Waals surface area contributed by atoms with E-state index in [4.69, 9.17) is 23.9 Å². The van der Waals surface area contributed by atoms with Crippen molar-refractivity contribution in [3.8, 4) is 0 Å². The summed E-state index contributed by atoms with van der Waals surface area (Å²) in [7, 11) is 1.25. The first kappa shape index (κ1) is 21.9. The summed E-state index contributed by atoms with van der Waals surface area (Å²) < 4.78 is 16.1. The van der Waals surface area contributed by atoms with E-state index >= 15 is 0 Å². The average Bonchev–Trinajstić information content (AvgIpc) is 2.63. The number of aliphatic carboxylic acids is 1. The fourth-order valence-electron chi connectivity index (χ4n) is 2.82. The number of amides is 1. The Bertz CT molecular complexity index is 518. The Balaban J connectivity index is 1.96. The summed E-state index contributed by atoms with van der Waals surface area (Å²) in [6.07, 6.45) is -5.07. The normalized spacial score (nSPS) is 37.0. The summed E-state index contributed by atoms with van der Waals surface area (Å²) in [5.41, 5.74) is 2.16. The predicted octanol–water partition coefficient (Wildman–Crippen LogP) is -1.90. The molecule has 4 N–H and O–H groups in total. The maximum absolute atomic E-state index is 11.7. The van der Waals surface area contributed by atoms with Gasteiger partial charge in [-0.05, 0) is 6.42 Å². The van der Waals surface area contributed by atoms with E-state index < -0.39 is 48.2 Å². The van der Waals surface area contributed by atoms with E-state index in [-0.39, 0.29) is 26.2 Å². The number of ether oxygens (including phenoxy) is 3. The Labute approximate surface area is 155 Å². The number of carboxylic acids is 1. The minimum atomic E-state index is -2.03. The molecule has 12 heteroatoms. The molecule has 6 atom stereocenters. The topological polar surface area (TPSA) is 162 Å². The van der Waals surface area contributed by atoms with Crippen LogP contribution in [-0.2, 0) is 38.4 Å². The first-order chi connectivity index (χ1) is 12.8. The van der Waals surface area contributed by atoms with Gasteiger partial charge in [-0.25, -0.2) is 20.0 Å². The number of aliphatic hydroxyl groups is 2. The van der Waals surface area contributed by atoms with Gasteiger partial charge in [-0.2, -0.15) is 0 Å². The summed E-state index contributed by atoms with van der Waals surface area (Å²) in [5, 5.41) is 29.7. The zero-order chi connectivity index (χ0) is 20.0. The van der Waals surface area contributed by atoms with Crippen LogP contribution in [0, 0.1) is 0 Å². The largest absolute Gasteiger partial charge is 0.477 e. The number of rotatable bonds is 8. The Morgan fingerprint density at radius 2 is 2.04 bits per heavy atom. The summed E-state index contributed by atoms with van der Waals surface area (Å²) in [5.74, 6) is -3.84. The third-order valence-electron chi connectivity index (χ3n) is 4.25. The van der Waals surface area contributed by atoms with Gasteiger partial charge in [0.2, 0.25) is 5.91 Å². The van der Waals surface area contributed by atoms with Gasteiger partial charge in [0.15, 0.2) is 0 Å². The highest BCUT2D eigenvalue weighted by atomic mass is 17.2. The van der Waals surface area contributed by atoms with E-state index in [9.17, 15) is 24.9 Å². The average molecular weight is 395 g/mol. The van der Waals surface area contributed by atoms with Crippen molar-refractivity contribution in [1.29, 1.82) is 0 Å². The molecule has 2 rings (SSSR count). The number of carbonyl (C=O) groups is 2. The molecule has 27 heavy (non-hydrogen) atoms. The van der Waals surface area contributed by atoms with Crippen LogP contribution in [0.25, 0.3) is 0 Å². The molecule has 1 amide bonds. The van der Waals surface area contributed by atoms with Crippen molar-refractivity contribution in [2.75, 3.05) is 26.9 Å². The highest BCUT2D eigenvalue weighted by Gasteiger charge is 2.49. The number of nitrogens with one attached hydrogen (secondary N) is 1. The predicted molar refractivity (Wildman–Crippen MR) is 83.8 cm³/mol. The minimum Gasteiger partial charge on any atom is -0.477 e. The molecule has 0 aromatic carbocycles. The number of hydrogen-bond donors (Lipinski definition) is 4. The van der Waals surface area contributed by atoms with Gasteiger partial charge < -0.3 is 29.5 Å². The molecule has 0 radical (unpaired) electrons. The summed E-state index contributed by atoms with van der Waals surface area (Å²) in [4.78, 5) is 37.1. The highest BCUT2D eigenvalue weighted by molar-refractivity contribution is 5.76. The van der Waals surface area contributed by atoms with E-state index in [2.05, 4.69) is 10.4 Å². The molecule has 0 spiro atoms. The number of hydroxylamine groups is 1. The standard InChI is InChI=1S/C15H25NO11/c1-8(17)16-26-9-3-4-24-15(5-9,14(20)21)25-7-10-12(18)13(19)11(6-23-10)27-22-2/h9-13,18-19H,3-7H2,1-2H3,(H,16,17)(H,20,21). The SMILES string of the molecule is COOC1COC(COC2(C(=O)O)CC(ONC(C)=O)CCO2)C(O)C1O. The van der Waals surface area contributed by atoms with Crippen molar-refractivity contribution in [2.24, 2.45) is 0 Å². The molecule has 0 saturated carbocycles.